The summed E-state index contributed by atoms with van der Waals surface area (Å²) in [5, 5.41) is 8.64. The van der Waals surface area contributed by atoms with E-state index in [-0.39, 0.29) is 0 Å². The maximum atomic E-state index is 6.04. The number of nitrogens with one attached hydrogen (secondary N) is 1. The molecule has 0 bridgehead atoms. The molecule has 7 heteroatoms. The lowest BCUT2D eigenvalue weighted by molar-refractivity contribution is 0.656. The Balaban J connectivity index is 1.96. The summed E-state index contributed by atoms with van der Waals surface area (Å²) >= 11 is 11.4. The number of rotatable bonds is 3. The summed E-state index contributed by atoms with van der Waals surface area (Å²) in [6.45, 7) is 0.742. The van der Waals surface area contributed by atoms with Crippen LogP contribution in [0.4, 0.5) is 0 Å². The average Bonchev–Trinajstić information content (AvgIpc) is 2.90. The highest BCUT2D eigenvalue weighted by Crippen LogP contribution is 2.19. The molecule has 0 atom stereocenters. The quantitative estimate of drug-likeness (QED) is 0.756. The van der Waals surface area contributed by atoms with Gasteiger partial charge in [-0.05, 0) is 30.4 Å². The van der Waals surface area contributed by atoms with E-state index in [0.29, 0.717) is 9.79 Å². The van der Waals surface area contributed by atoms with E-state index in [1.54, 1.807) is 6.33 Å². The molecule has 0 saturated heterocycles. The minimum atomic E-state index is 0.694. The lowest BCUT2D eigenvalue weighted by atomic mass is 10.3. The molecule has 1 N–H and O–H groups in total. The van der Waals surface area contributed by atoms with Crippen molar-refractivity contribution in [3.05, 3.63) is 40.1 Å². The van der Waals surface area contributed by atoms with Crippen LogP contribution in [-0.4, -0.2) is 24.3 Å². The lowest BCUT2D eigenvalue weighted by Crippen LogP contribution is -2.05. The van der Waals surface area contributed by atoms with Crippen LogP contribution in [0.25, 0.3) is 11.0 Å². The van der Waals surface area contributed by atoms with Crippen LogP contribution in [-0.2, 0) is 20.0 Å². The second-order valence-corrected chi connectivity index (χ2v) is 5.17. The van der Waals surface area contributed by atoms with Crippen LogP contribution in [0, 0.1) is 4.77 Å². The Morgan fingerprint density at radius 1 is 1.42 bits per heavy atom. The van der Waals surface area contributed by atoms with Crippen LogP contribution in [0.1, 0.15) is 5.82 Å². The fourth-order valence-electron chi connectivity index (χ4n) is 2.09. The van der Waals surface area contributed by atoms with Gasteiger partial charge >= 0.3 is 0 Å². The third-order valence-corrected chi connectivity index (χ3v) is 3.66. The molecular formula is C12H12ClN5S. The minimum absolute atomic E-state index is 0.694. The molecule has 0 aliphatic carbocycles. The fourth-order valence-corrected chi connectivity index (χ4v) is 2.56. The van der Waals surface area contributed by atoms with E-state index < -0.39 is 0 Å². The third kappa shape index (κ3) is 2.29. The molecule has 0 aliphatic rings. The van der Waals surface area contributed by atoms with Crippen molar-refractivity contribution in [3.63, 3.8) is 0 Å². The summed E-state index contributed by atoms with van der Waals surface area (Å²) in [6.07, 6.45) is 2.46. The SMILES string of the molecule is Cn1cnnc1CCn1c(=S)[nH]c2ccc(Cl)cc21. The lowest BCUT2D eigenvalue weighted by Gasteiger charge is -2.04. The number of aromatic amines is 1. The Morgan fingerprint density at radius 2 is 2.26 bits per heavy atom. The van der Waals surface area contributed by atoms with E-state index in [2.05, 4.69) is 15.2 Å². The maximum absolute atomic E-state index is 6.04. The first-order valence-corrected chi connectivity index (χ1v) is 6.65. The molecule has 98 valence electrons. The summed E-state index contributed by atoms with van der Waals surface area (Å²) < 4.78 is 4.64. The minimum Gasteiger partial charge on any atom is -0.331 e. The van der Waals surface area contributed by atoms with Crippen molar-refractivity contribution < 1.29 is 0 Å². The van der Waals surface area contributed by atoms with Crippen LogP contribution in [0.2, 0.25) is 5.02 Å². The van der Waals surface area contributed by atoms with Crippen molar-refractivity contribution in [3.8, 4) is 0 Å². The number of benzene rings is 1. The summed E-state index contributed by atoms with van der Waals surface area (Å²) in [5.74, 6) is 0.929. The van der Waals surface area contributed by atoms with E-state index >= 15 is 0 Å². The van der Waals surface area contributed by atoms with E-state index in [1.807, 2.05) is 34.4 Å². The third-order valence-electron chi connectivity index (χ3n) is 3.10. The van der Waals surface area contributed by atoms with Gasteiger partial charge in [0.05, 0.1) is 11.0 Å². The first kappa shape index (κ1) is 12.4. The number of hydrogen-bond donors (Lipinski definition) is 1. The topological polar surface area (TPSA) is 51.4 Å². The molecule has 0 spiro atoms. The standard InChI is InChI=1S/C12H12ClN5S/c1-17-7-14-16-11(17)4-5-18-10-6-8(13)2-3-9(10)15-12(18)19/h2-3,6-7H,4-5H2,1H3,(H,15,19). The number of halogens is 1. The van der Waals surface area contributed by atoms with Crippen molar-refractivity contribution in [1.82, 2.24) is 24.3 Å². The molecule has 0 unspecified atom stereocenters. The number of imidazole rings is 1. The molecule has 0 fully saturated rings. The Hall–Kier alpha value is -1.66. The molecule has 2 heterocycles. The number of H-pyrrole nitrogens is 1. The molecule has 0 saturated carbocycles. The average molecular weight is 294 g/mol. The highest BCUT2D eigenvalue weighted by Gasteiger charge is 2.07. The number of aryl methyl sites for hydroxylation is 3. The zero-order chi connectivity index (χ0) is 13.4. The van der Waals surface area contributed by atoms with Gasteiger partial charge in [-0.25, -0.2) is 0 Å². The van der Waals surface area contributed by atoms with Gasteiger partial charge in [-0.15, -0.1) is 10.2 Å². The number of fused-ring (bicyclic) bond motifs is 1. The van der Waals surface area contributed by atoms with E-state index in [0.717, 1.165) is 29.8 Å². The molecule has 0 amide bonds. The van der Waals surface area contributed by atoms with Crippen molar-refractivity contribution in [2.75, 3.05) is 0 Å². The van der Waals surface area contributed by atoms with E-state index in [1.165, 1.54) is 0 Å². The largest absolute Gasteiger partial charge is 0.331 e. The van der Waals surface area contributed by atoms with Gasteiger partial charge < -0.3 is 14.1 Å². The van der Waals surface area contributed by atoms with Gasteiger partial charge in [-0.3, -0.25) is 0 Å². The highest BCUT2D eigenvalue weighted by atomic mass is 35.5. The predicted octanol–water partition coefficient (Wildman–Crippen LogP) is 2.72. The summed E-state index contributed by atoms with van der Waals surface area (Å²) in [4.78, 5) is 3.18. The Bertz CT molecular complexity index is 785. The molecule has 2 aromatic heterocycles. The van der Waals surface area contributed by atoms with Gasteiger partial charge in [0.25, 0.3) is 0 Å². The molecule has 0 radical (unpaired) electrons. The summed E-state index contributed by atoms with van der Waals surface area (Å²) in [5.41, 5.74) is 2.01. The number of hydrogen-bond acceptors (Lipinski definition) is 3. The van der Waals surface area contributed by atoms with Crippen molar-refractivity contribution in [2.45, 2.75) is 13.0 Å². The zero-order valence-corrected chi connectivity index (χ0v) is 11.9. The smallest absolute Gasteiger partial charge is 0.178 e. The van der Waals surface area contributed by atoms with Crippen LogP contribution in [0.15, 0.2) is 24.5 Å². The van der Waals surface area contributed by atoms with E-state index in [4.69, 9.17) is 23.8 Å². The van der Waals surface area contributed by atoms with Gasteiger partial charge in [0.15, 0.2) is 4.77 Å². The van der Waals surface area contributed by atoms with Gasteiger partial charge in [0, 0.05) is 25.0 Å². The van der Waals surface area contributed by atoms with Crippen molar-refractivity contribution in [2.24, 2.45) is 7.05 Å². The van der Waals surface area contributed by atoms with Crippen molar-refractivity contribution in [1.29, 1.82) is 0 Å². The van der Waals surface area contributed by atoms with Gasteiger partial charge in [0.1, 0.15) is 12.2 Å². The van der Waals surface area contributed by atoms with Gasteiger partial charge in [0.2, 0.25) is 0 Å². The molecule has 19 heavy (non-hydrogen) atoms. The second kappa shape index (κ2) is 4.79. The number of aromatic nitrogens is 5. The van der Waals surface area contributed by atoms with Crippen LogP contribution < -0.4 is 0 Å². The fraction of sp³-hybridized carbons (Fsp3) is 0.250. The maximum Gasteiger partial charge on any atom is 0.178 e. The molecule has 3 aromatic rings. The van der Waals surface area contributed by atoms with Crippen LogP contribution in [0.3, 0.4) is 0 Å². The predicted molar refractivity (Wildman–Crippen MR) is 76.8 cm³/mol. The normalized spacial score (nSPS) is 11.3. The van der Waals surface area contributed by atoms with E-state index in [9.17, 15) is 0 Å². The Labute approximate surface area is 119 Å². The van der Waals surface area contributed by atoms with Crippen molar-refractivity contribution >= 4 is 34.9 Å². The monoisotopic (exact) mass is 293 g/mol. The molecule has 0 aliphatic heterocycles. The summed E-state index contributed by atoms with van der Waals surface area (Å²) in [7, 11) is 1.93. The second-order valence-electron chi connectivity index (χ2n) is 4.35. The molecule has 1 aromatic carbocycles. The Kier molecular flexibility index (Phi) is 3.12. The van der Waals surface area contributed by atoms with Crippen LogP contribution in [0.5, 0.6) is 0 Å². The zero-order valence-electron chi connectivity index (χ0n) is 10.3. The van der Waals surface area contributed by atoms with Gasteiger partial charge in [-0.2, -0.15) is 0 Å². The number of nitrogens with zero attached hydrogens (tertiary/aromatic N) is 4. The molecule has 3 rings (SSSR count). The summed E-state index contributed by atoms with van der Waals surface area (Å²) in [6, 6.07) is 5.70. The first-order chi connectivity index (χ1) is 9.15. The molecule has 5 nitrogen and oxygen atoms in total. The van der Waals surface area contributed by atoms with Crippen LogP contribution >= 0.6 is 23.8 Å². The first-order valence-electron chi connectivity index (χ1n) is 5.86. The van der Waals surface area contributed by atoms with Gasteiger partial charge in [-0.1, -0.05) is 11.6 Å². The highest BCUT2D eigenvalue weighted by molar-refractivity contribution is 7.71. The Morgan fingerprint density at radius 3 is 3.00 bits per heavy atom. The molecular weight excluding hydrogens is 282 g/mol.